The van der Waals surface area contributed by atoms with E-state index < -0.39 is 0 Å². The molecule has 3 aliphatic heterocycles. The third-order valence-electron chi connectivity index (χ3n) is 4.70. The van der Waals surface area contributed by atoms with Crippen LogP contribution in [-0.4, -0.2) is 36.5 Å². The van der Waals surface area contributed by atoms with E-state index in [9.17, 15) is 9.18 Å². The van der Waals surface area contributed by atoms with Crippen molar-refractivity contribution in [3.05, 3.63) is 35.0 Å². The minimum Gasteiger partial charge on any atom is -0.347 e. The Hall–Kier alpha value is -1.46. The molecule has 1 amide bonds. The van der Waals surface area contributed by atoms with Crippen LogP contribution in [-0.2, 0) is 0 Å². The van der Waals surface area contributed by atoms with Crippen LogP contribution in [0.5, 0.6) is 0 Å². The van der Waals surface area contributed by atoms with Gasteiger partial charge in [-0.05, 0) is 50.0 Å². The molecule has 3 fully saturated rings. The molecule has 0 aliphatic carbocycles. The summed E-state index contributed by atoms with van der Waals surface area (Å²) in [6, 6.07) is 6.89. The summed E-state index contributed by atoms with van der Waals surface area (Å²) in [5, 5.41) is 3.70. The molecule has 2 bridgehead atoms. The van der Waals surface area contributed by atoms with Crippen molar-refractivity contribution in [3.63, 3.8) is 0 Å². The van der Waals surface area contributed by atoms with Crippen molar-refractivity contribution in [1.82, 2.24) is 10.2 Å². The van der Waals surface area contributed by atoms with Crippen LogP contribution in [0.3, 0.4) is 0 Å². The highest BCUT2D eigenvalue weighted by atomic mass is 32.1. The summed E-state index contributed by atoms with van der Waals surface area (Å²) in [5.41, 5.74) is 0. The van der Waals surface area contributed by atoms with Crippen molar-refractivity contribution < 1.29 is 9.18 Å². The van der Waals surface area contributed by atoms with E-state index in [0.717, 1.165) is 24.3 Å². The van der Waals surface area contributed by atoms with Gasteiger partial charge in [-0.15, -0.1) is 11.3 Å². The summed E-state index contributed by atoms with van der Waals surface area (Å²) < 4.78 is 14.5. The number of benzene rings is 1. The van der Waals surface area contributed by atoms with E-state index in [1.165, 1.54) is 30.2 Å². The molecule has 0 spiro atoms. The zero-order chi connectivity index (χ0) is 14.4. The van der Waals surface area contributed by atoms with Gasteiger partial charge in [-0.1, -0.05) is 6.07 Å². The van der Waals surface area contributed by atoms with E-state index in [-0.39, 0.29) is 17.8 Å². The van der Waals surface area contributed by atoms with Gasteiger partial charge in [0.15, 0.2) is 0 Å². The SMILES string of the molecule is O=C(N[C@@H]1CN2CCC1CC2)c1cc2c(F)cccc2s1. The minimum absolute atomic E-state index is 0.0608. The molecule has 1 N–H and O–H groups in total. The Morgan fingerprint density at radius 2 is 2.14 bits per heavy atom. The summed E-state index contributed by atoms with van der Waals surface area (Å²) >= 11 is 1.36. The summed E-state index contributed by atoms with van der Waals surface area (Å²) in [4.78, 5) is 15.4. The first-order chi connectivity index (χ1) is 10.2. The lowest BCUT2D eigenvalue weighted by atomic mass is 9.84. The monoisotopic (exact) mass is 304 g/mol. The molecule has 0 unspecified atom stereocenters. The molecule has 1 aromatic heterocycles. The molecule has 4 heterocycles. The van der Waals surface area contributed by atoms with Gasteiger partial charge in [-0.3, -0.25) is 4.79 Å². The maximum Gasteiger partial charge on any atom is 0.261 e. The van der Waals surface area contributed by atoms with Crippen molar-refractivity contribution in [2.24, 2.45) is 5.92 Å². The van der Waals surface area contributed by atoms with Gasteiger partial charge < -0.3 is 10.2 Å². The lowest BCUT2D eigenvalue weighted by molar-refractivity contribution is 0.0622. The van der Waals surface area contributed by atoms with Crippen LogP contribution in [0, 0.1) is 11.7 Å². The van der Waals surface area contributed by atoms with Crippen molar-refractivity contribution in [1.29, 1.82) is 0 Å². The number of rotatable bonds is 2. The number of thiophene rings is 1. The Labute approximate surface area is 126 Å². The molecule has 3 nitrogen and oxygen atoms in total. The van der Waals surface area contributed by atoms with E-state index >= 15 is 0 Å². The van der Waals surface area contributed by atoms with Gasteiger partial charge in [0.2, 0.25) is 0 Å². The average Bonchev–Trinajstić information content (AvgIpc) is 2.94. The highest BCUT2D eigenvalue weighted by Crippen LogP contribution is 2.30. The Morgan fingerprint density at radius 1 is 1.33 bits per heavy atom. The lowest BCUT2D eigenvalue weighted by Crippen LogP contribution is -2.57. The second-order valence-corrected chi connectivity index (χ2v) is 7.06. The Kier molecular flexibility index (Phi) is 3.19. The van der Waals surface area contributed by atoms with E-state index in [2.05, 4.69) is 10.2 Å². The summed E-state index contributed by atoms with van der Waals surface area (Å²) in [6.45, 7) is 3.27. The topological polar surface area (TPSA) is 32.3 Å². The molecule has 21 heavy (non-hydrogen) atoms. The second-order valence-electron chi connectivity index (χ2n) is 5.98. The molecule has 5 rings (SSSR count). The van der Waals surface area contributed by atoms with Gasteiger partial charge in [-0.25, -0.2) is 4.39 Å². The van der Waals surface area contributed by atoms with Crippen LogP contribution >= 0.6 is 11.3 Å². The number of hydrogen-bond donors (Lipinski definition) is 1. The molecule has 5 heteroatoms. The zero-order valence-corrected chi connectivity index (χ0v) is 12.5. The quantitative estimate of drug-likeness (QED) is 0.925. The van der Waals surface area contributed by atoms with Crippen LogP contribution in [0.15, 0.2) is 24.3 Å². The van der Waals surface area contributed by atoms with Gasteiger partial charge in [0.25, 0.3) is 5.91 Å². The molecule has 2 aromatic rings. The van der Waals surface area contributed by atoms with Crippen LogP contribution in [0.4, 0.5) is 4.39 Å². The summed E-state index contributed by atoms with van der Waals surface area (Å²) in [5.74, 6) is 0.282. The number of nitrogens with zero attached hydrogens (tertiary/aromatic N) is 1. The molecule has 1 aromatic carbocycles. The molecule has 3 aliphatic rings. The van der Waals surface area contributed by atoms with Gasteiger partial charge in [0, 0.05) is 22.7 Å². The largest absolute Gasteiger partial charge is 0.347 e. The van der Waals surface area contributed by atoms with Crippen LogP contribution < -0.4 is 5.32 Å². The molecular weight excluding hydrogens is 287 g/mol. The van der Waals surface area contributed by atoms with Gasteiger partial charge in [0.05, 0.1) is 4.88 Å². The number of piperidine rings is 3. The van der Waals surface area contributed by atoms with Crippen LogP contribution in [0.1, 0.15) is 22.5 Å². The molecule has 0 saturated carbocycles. The van der Waals surface area contributed by atoms with Crippen molar-refractivity contribution >= 4 is 27.3 Å². The number of amides is 1. The number of fused-ring (bicyclic) bond motifs is 4. The lowest BCUT2D eigenvalue weighted by Gasteiger charge is -2.44. The van der Waals surface area contributed by atoms with E-state index in [1.54, 1.807) is 12.1 Å². The fourth-order valence-corrected chi connectivity index (χ4v) is 4.48. The maximum absolute atomic E-state index is 13.7. The van der Waals surface area contributed by atoms with Crippen LogP contribution in [0.25, 0.3) is 10.1 Å². The summed E-state index contributed by atoms with van der Waals surface area (Å²) in [6.07, 6.45) is 2.35. The standard InChI is InChI=1S/C16H17FN2OS/c17-12-2-1-3-14-11(12)8-15(21-14)16(20)18-13-9-19-6-4-10(13)5-7-19/h1-3,8,10,13H,4-7,9H2,(H,18,20)/t13-/m1/s1. The first-order valence-electron chi connectivity index (χ1n) is 7.42. The van der Waals surface area contributed by atoms with Crippen LogP contribution in [0.2, 0.25) is 0 Å². The van der Waals surface area contributed by atoms with E-state index in [0.29, 0.717) is 16.2 Å². The number of carbonyl (C=O) groups is 1. The molecule has 1 atom stereocenters. The minimum atomic E-state index is -0.259. The third-order valence-corrected chi connectivity index (χ3v) is 5.80. The van der Waals surface area contributed by atoms with E-state index in [1.807, 2.05) is 6.07 Å². The number of carbonyl (C=O) groups excluding carboxylic acids is 1. The number of hydrogen-bond acceptors (Lipinski definition) is 3. The maximum atomic E-state index is 13.7. The fraction of sp³-hybridized carbons (Fsp3) is 0.438. The Morgan fingerprint density at radius 3 is 2.81 bits per heavy atom. The Balaban J connectivity index is 1.55. The predicted octanol–water partition coefficient (Wildman–Crippen LogP) is 2.86. The average molecular weight is 304 g/mol. The highest BCUT2D eigenvalue weighted by Gasteiger charge is 2.35. The third kappa shape index (κ3) is 2.34. The fourth-order valence-electron chi connectivity index (χ4n) is 3.51. The first kappa shape index (κ1) is 13.2. The molecular formula is C16H17FN2OS. The number of nitrogens with one attached hydrogen (secondary N) is 1. The molecule has 3 saturated heterocycles. The van der Waals surface area contributed by atoms with Gasteiger partial charge in [0.1, 0.15) is 5.82 Å². The van der Waals surface area contributed by atoms with Gasteiger partial charge >= 0.3 is 0 Å². The van der Waals surface area contributed by atoms with Gasteiger partial charge in [-0.2, -0.15) is 0 Å². The van der Waals surface area contributed by atoms with Crippen molar-refractivity contribution in [2.75, 3.05) is 19.6 Å². The Bertz CT molecular complexity index is 691. The number of halogens is 1. The normalized spacial score (nSPS) is 28.0. The molecule has 0 radical (unpaired) electrons. The smallest absolute Gasteiger partial charge is 0.261 e. The van der Waals surface area contributed by atoms with Crippen molar-refractivity contribution in [2.45, 2.75) is 18.9 Å². The van der Waals surface area contributed by atoms with E-state index in [4.69, 9.17) is 0 Å². The zero-order valence-electron chi connectivity index (χ0n) is 11.6. The summed E-state index contributed by atoms with van der Waals surface area (Å²) in [7, 11) is 0. The van der Waals surface area contributed by atoms with Crippen molar-refractivity contribution in [3.8, 4) is 0 Å². The first-order valence-corrected chi connectivity index (χ1v) is 8.23. The second kappa shape index (κ2) is 5.07. The molecule has 110 valence electrons. The highest BCUT2D eigenvalue weighted by molar-refractivity contribution is 7.20. The predicted molar refractivity (Wildman–Crippen MR) is 82.2 cm³/mol.